The third-order valence-electron chi connectivity index (χ3n) is 3.61. The van der Waals surface area contributed by atoms with Crippen LogP contribution >= 0.6 is 11.3 Å². The summed E-state index contributed by atoms with van der Waals surface area (Å²) in [4.78, 5) is 12.9. The number of carbonyl (C=O) groups is 1. The van der Waals surface area contributed by atoms with Crippen LogP contribution in [0.1, 0.15) is 15.9 Å². The van der Waals surface area contributed by atoms with Crippen LogP contribution in [0.2, 0.25) is 0 Å². The molecule has 0 fully saturated rings. The molecule has 0 aliphatic carbocycles. The molecule has 0 spiro atoms. The topological polar surface area (TPSA) is 80.5 Å². The molecule has 0 saturated heterocycles. The van der Waals surface area contributed by atoms with Gasteiger partial charge in [0.2, 0.25) is 4.80 Å². The Hall–Kier alpha value is -2.45. The lowest BCUT2D eigenvalue weighted by atomic mass is 10.1. The zero-order chi connectivity index (χ0) is 18.0. The molecule has 0 atom stereocenters. The Balaban J connectivity index is 1.78. The Labute approximate surface area is 149 Å². The number of nitrogens with one attached hydrogen (secondary N) is 1. The highest BCUT2D eigenvalue weighted by Gasteiger charge is 2.08. The first-order valence-corrected chi connectivity index (χ1v) is 10.4. The Kier molecular flexibility index (Phi) is 4.73. The Morgan fingerprint density at radius 1 is 1.16 bits per heavy atom. The van der Waals surface area contributed by atoms with Gasteiger partial charge in [-0.15, -0.1) is 5.10 Å². The van der Waals surface area contributed by atoms with Gasteiger partial charge in [0.05, 0.1) is 16.0 Å². The number of amides is 1. The maximum absolute atomic E-state index is 12.2. The standard InChI is InChI=1S/C17H17N3O3S2/c1-20-14-5-3-4-6-15(14)24-17(20)19-18-16(21)13-9-7-12(8-10-13)11-25(2,22)23/h3-10H,11H2,1-2H3,(H,18,21)/b19-17+. The van der Waals surface area contributed by atoms with Gasteiger partial charge in [0.15, 0.2) is 9.84 Å². The molecule has 0 unspecified atom stereocenters. The number of aromatic nitrogens is 1. The molecule has 1 N–H and O–H groups in total. The average molecular weight is 375 g/mol. The number of benzene rings is 2. The number of fused-ring (bicyclic) bond motifs is 1. The normalized spacial score (nSPS) is 12.5. The van der Waals surface area contributed by atoms with Crippen LogP contribution in [0, 0.1) is 0 Å². The van der Waals surface area contributed by atoms with Gasteiger partial charge in [0.25, 0.3) is 5.91 Å². The Morgan fingerprint density at radius 3 is 2.48 bits per heavy atom. The number of carbonyl (C=O) groups excluding carboxylic acids is 1. The highest BCUT2D eigenvalue weighted by atomic mass is 32.2. The fraction of sp³-hybridized carbons (Fsp3) is 0.176. The van der Waals surface area contributed by atoms with E-state index in [0.29, 0.717) is 15.9 Å². The summed E-state index contributed by atoms with van der Waals surface area (Å²) in [5, 5.41) is 4.19. The van der Waals surface area contributed by atoms with Crippen molar-refractivity contribution in [1.29, 1.82) is 0 Å². The van der Waals surface area contributed by atoms with Gasteiger partial charge >= 0.3 is 0 Å². The fourth-order valence-corrected chi connectivity index (χ4v) is 4.18. The molecule has 0 bridgehead atoms. The van der Waals surface area contributed by atoms with E-state index in [-0.39, 0.29) is 11.7 Å². The van der Waals surface area contributed by atoms with Crippen LogP contribution in [-0.2, 0) is 22.6 Å². The summed E-state index contributed by atoms with van der Waals surface area (Å²) in [7, 11) is -1.20. The smallest absolute Gasteiger partial charge is 0.271 e. The lowest BCUT2D eigenvalue weighted by Gasteiger charge is -2.02. The molecule has 3 rings (SSSR count). The number of aryl methyl sites for hydroxylation is 1. The maximum atomic E-state index is 12.2. The molecule has 2 aromatic carbocycles. The number of hydrogen-bond donors (Lipinski definition) is 1. The molecule has 1 heterocycles. The Bertz CT molecular complexity index is 1090. The van der Waals surface area contributed by atoms with E-state index in [1.54, 1.807) is 24.3 Å². The van der Waals surface area contributed by atoms with Crippen LogP contribution in [0.4, 0.5) is 0 Å². The van der Waals surface area contributed by atoms with E-state index in [1.165, 1.54) is 17.6 Å². The van der Waals surface area contributed by atoms with Crippen LogP contribution in [0.15, 0.2) is 53.6 Å². The van der Waals surface area contributed by atoms with Crippen molar-refractivity contribution in [3.63, 3.8) is 0 Å². The van der Waals surface area contributed by atoms with Crippen molar-refractivity contribution in [2.45, 2.75) is 5.75 Å². The second-order valence-corrected chi connectivity index (χ2v) is 8.88. The number of nitrogens with zero attached hydrogens (tertiary/aromatic N) is 2. The van der Waals surface area contributed by atoms with Gasteiger partial charge in [0.1, 0.15) is 0 Å². The second-order valence-electron chi connectivity index (χ2n) is 5.73. The first kappa shape index (κ1) is 17.4. The summed E-state index contributed by atoms with van der Waals surface area (Å²) in [6.45, 7) is 0. The van der Waals surface area contributed by atoms with Crippen LogP contribution in [0.5, 0.6) is 0 Å². The van der Waals surface area contributed by atoms with Gasteiger partial charge in [-0.2, -0.15) is 0 Å². The van der Waals surface area contributed by atoms with Gasteiger partial charge < -0.3 is 4.57 Å². The van der Waals surface area contributed by atoms with E-state index in [1.807, 2.05) is 35.9 Å². The van der Waals surface area contributed by atoms with E-state index < -0.39 is 9.84 Å². The van der Waals surface area contributed by atoms with E-state index >= 15 is 0 Å². The molecule has 130 valence electrons. The number of para-hydroxylation sites is 1. The van der Waals surface area contributed by atoms with Crippen molar-refractivity contribution in [1.82, 2.24) is 9.99 Å². The van der Waals surface area contributed by atoms with Gasteiger partial charge in [-0.25, -0.2) is 13.8 Å². The molecule has 8 heteroatoms. The van der Waals surface area contributed by atoms with Gasteiger partial charge in [-0.3, -0.25) is 4.79 Å². The van der Waals surface area contributed by atoms with Crippen LogP contribution in [0.3, 0.4) is 0 Å². The van der Waals surface area contributed by atoms with Crippen LogP contribution in [-0.4, -0.2) is 25.1 Å². The molecular weight excluding hydrogens is 358 g/mol. The minimum Gasteiger partial charge on any atom is -0.318 e. The van der Waals surface area contributed by atoms with E-state index in [0.717, 1.165) is 10.2 Å². The number of hydrogen-bond acceptors (Lipinski definition) is 5. The third-order valence-corrected chi connectivity index (χ3v) is 5.58. The SMILES string of the molecule is Cn1/c(=N\NC(=O)c2ccc(CS(C)(=O)=O)cc2)sc2ccccc21. The van der Waals surface area contributed by atoms with E-state index in [9.17, 15) is 13.2 Å². The molecule has 25 heavy (non-hydrogen) atoms. The van der Waals surface area contributed by atoms with Gasteiger partial charge in [-0.1, -0.05) is 35.6 Å². The summed E-state index contributed by atoms with van der Waals surface area (Å²) in [6.07, 6.45) is 1.18. The van der Waals surface area contributed by atoms with Crippen molar-refractivity contribution >= 4 is 37.3 Å². The fourth-order valence-electron chi connectivity index (χ4n) is 2.41. The first-order valence-electron chi connectivity index (χ1n) is 7.49. The predicted octanol–water partition coefficient (Wildman–Crippen LogP) is 2.03. The van der Waals surface area contributed by atoms with Crippen molar-refractivity contribution < 1.29 is 13.2 Å². The number of sulfone groups is 1. The molecular formula is C17H17N3O3S2. The first-order chi connectivity index (χ1) is 11.8. The second kappa shape index (κ2) is 6.81. The molecule has 1 aromatic heterocycles. The molecule has 0 aliphatic rings. The molecule has 0 radical (unpaired) electrons. The highest BCUT2D eigenvalue weighted by Crippen LogP contribution is 2.15. The van der Waals surface area contributed by atoms with Crippen molar-refractivity contribution in [2.24, 2.45) is 12.1 Å². The zero-order valence-electron chi connectivity index (χ0n) is 13.8. The van der Waals surface area contributed by atoms with Crippen LogP contribution in [0.25, 0.3) is 10.2 Å². The quantitative estimate of drug-likeness (QED) is 0.709. The van der Waals surface area contributed by atoms with Crippen molar-refractivity contribution in [3.05, 3.63) is 64.5 Å². The van der Waals surface area contributed by atoms with Gasteiger partial charge in [-0.05, 0) is 29.8 Å². The summed E-state index contributed by atoms with van der Waals surface area (Å²) in [5.41, 5.74) is 4.66. The largest absolute Gasteiger partial charge is 0.318 e. The monoisotopic (exact) mass is 375 g/mol. The maximum Gasteiger partial charge on any atom is 0.271 e. The zero-order valence-corrected chi connectivity index (χ0v) is 15.4. The summed E-state index contributed by atoms with van der Waals surface area (Å²) in [6, 6.07) is 14.4. The number of thiazole rings is 1. The Morgan fingerprint density at radius 2 is 1.84 bits per heavy atom. The van der Waals surface area contributed by atoms with Crippen LogP contribution < -0.4 is 10.2 Å². The van der Waals surface area contributed by atoms with E-state index in [4.69, 9.17) is 0 Å². The minimum atomic E-state index is -3.09. The minimum absolute atomic E-state index is 0.0447. The van der Waals surface area contributed by atoms with Crippen molar-refractivity contribution in [2.75, 3.05) is 6.26 Å². The molecule has 6 nitrogen and oxygen atoms in total. The molecule has 1 amide bonds. The summed E-state index contributed by atoms with van der Waals surface area (Å²) < 4.78 is 25.6. The highest BCUT2D eigenvalue weighted by molar-refractivity contribution is 7.89. The number of rotatable bonds is 4. The lowest BCUT2D eigenvalue weighted by molar-refractivity contribution is 0.0953. The molecule has 0 saturated carbocycles. The molecule has 3 aromatic rings. The average Bonchev–Trinajstić information content (AvgIpc) is 2.88. The lowest BCUT2D eigenvalue weighted by Crippen LogP contribution is -2.23. The predicted molar refractivity (Wildman–Crippen MR) is 98.8 cm³/mol. The van der Waals surface area contributed by atoms with Gasteiger partial charge in [0, 0.05) is 18.9 Å². The summed E-state index contributed by atoms with van der Waals surface area (Å²) in [5.74, 6) is -0.389. The summed E-state index contributed by atoms with van der Waals surface area (Å²) >= 11 is 1.48. The third kappa shape index (κ3) is 4.15. The van der Waals surface area contributed by atoms with Crippen molar-refractivity contribution in [3.8, 4) is 0 Å². The van der Waals surface area contributed by atoms with E-state index in [2.05, 4.69) is 10.5 Å². The molecule has 0 aliphatic heterocycles.